The Morgan fingerprint density at radius 3 is 2.30 bits per heavy atom. The van der Waals surface area contributed by atoms with E-state index in [1.807, 2.05) is 0 Å². The van der Waals surface area contributed by atoms with E-state index in [1.54, 1.807) is 43.3 Å². The molecule has 1 aliphatic carbocycles. The number of hydrogen-bond acceptors (Lipinski definition) is 4. The predicted octanol–water partition coefficient (Wildman–Crippen LogP) is 2.97. The molecule has 0 heterocycles. The fourth-order valence-corrected chi connectivity index (χ4v) is 3.16. The van der Waals surface area contributed by atoms with Crippen LogP contribution >= 0.6 is 0 Å². The summed E-state index contributed by atoms with van der Waals surface area (Å²) in [5, 5.41) is 5.59. The van der Waals surface area contributed by atoms with Crippen molar-refractivity contribution in [3.63, 3.8) is 0 Å². The molecule has 1 saturated carbocycles. The number of benzene rings is 2. The summed E-state index contributed by atoms with van der Waals surface area (Å²) in [6.07, 6.45) is 2.89. The lowest BCUT2D eigenvalue weighted by Gasteiger charge is -2.11. The van der Waals surface area contributed by atoms with E-state index >= 15 is 0 Å². The molecule has 8 heteroatoms. The zero-order chi connectivity index (χ0) is 19.6. The Morgan fingerprint density at radius 1 is 1.00 bits per heavy atom. The van der Waals surface area contributed by atoms with Crippen LogP contribution in [0.5, 0.6) is 0 Å². The summed E-state index contributed by atoms with van der Waals surface area (Å²) in [5.74, 6) is -0.290. The highest BCUT2D eigenvalue weighted by Crippen LogP contribution is 2.30. The van der Waals surface area contributed by atoms with Crippen molar-refractivity contribution in [1.29, 1.82) is 0 Å². The number of hydrogen-bond donors (Lipinski definition) is 3. The van der Waals surface area contributed by atoms with E-state index in [0.717, 1.165) is 19.1 Å². The zero-order valence-corrected chi connectivity index (χ0v) is 15.9. The number of anilines is 3. The molecule has 2 aromatic rings. The lowest BCUT2D eigenvalue weighted by atomic mass is 10.1. The predicted molar refractivity (Wildman–Crippen MR) is 105 cm³/mol. The van der Waals surface area contributed by atoms with Crippen LogP contribution in [0.15, 0.2) is 42.5 Å². The largest absolute Gasteiger partial charge is 0.326 e. The molecule has 0 saturated heterocycles. The molecule has 0 aliphatic heterocycles. The Labute approximate surface area is 158 Å². The van der Waals surface area contributed by atoms with Crippen LogP contribution in [0.25, 0.3) is 0 Å². The highest BCUT2D eigenvalue weighted by molar-refractivity contribution is 7.92. The molecule has 0 aromatic heterocycles. The molecule has 1 aliphatic rings. The van der Waals surface area contributed by atoms with Crippen molar-refractivity contribution in [2.75, 3.05) is 21.6 Å². The van der Waals surface area contributed by atoms with Crippen molar-refractivity contribution in [3.05, 3.63) is 53.6 Å². The van der Waals surface area contributed by atoms with E-state index < -0.39 is 10.0 Å². The third-order valence-electron chi connectivity index (χ3n) is 4.13. The molecule has 7 nitrogen and oxygen atoms in total. The quantitative estimate of drug-likeness (QED) is 0.709. The average molecular weight is 387 g/mol. The fraction of sp³-hybridized carbons (Fsp3) is 0.263. The first-order valence-corrected chi connectivity index (χ1v) is 10.4. The Hall–Kier alpha value is -2.87. The summed E-state index contributed by atoms with van der Waals surface area (Å²) in [4.78, 5) is 24.4. The number of aryl methyl sites for hydroxylation is 1. The second-order valence-electron chi connectivity index (χ2n) is 6.70. The van der Waals surface area contributed by atoms with Gasteiger partial charge in [-0.1, -0.05) is 12.1 Å². The molecule has 0 radical (unpaired) electrons. The summed E-state index contributed by atoms with van der Waals surface area (Å²) in [6.45, 7) is 1.75. The number of amides is 2. The molecule has 0 spiro atoms. The minimum atomic E-state index is -3.44. The van der Waals surface area contributed by atoms with Crippen LogP contribution in [0.1, 0.15) is 28.8 Å². The third-order valence-corrected chi connectivity index (χ3v) is 4.72. The minimum absolute atomic E-state index is 0.00602. The van der Waals surface area contributed by atoms with Gasteiger partial charge < -0.3 is 10.6 Å². The number of carbonyl (C=O) groups excluding carboxylic acids is 2. The standard InChI is InChI=1S/C19H21N3O4S/c1-12-6-7-14(10-17(12)22-27(2,25)26)19(24)21-16-5-3-4-15(11-16)20-18(23)13-8-9-13/h3-7,10-11,13,22H,8-9H2,1-2H3,(H,20,23)(H,21,24). The monoisotopic (exact) mass is 387 g/mol. The molecule has 2 aromatic carbocycles. The maximum absolute atomic E-state index is 12.5. The SMILES string of the molecule is Cc1ccc(C(=O)Nc2cccc(NC(=O)C3CC3)c2)cc1NS(C)(=O)=O. The number of carbonyl (C=O) groups is 2. The smallest absolute Gasteiger partial charge is 0.255 e. The van der Waals surface area contributed by atoms with E-state index in [2.05, 4.69) is 15.4 Å². The molecule has 3 rings (SSSR count). The van der Waals surface area contributed by atoms with Crippen molar-refractivity contribution in [2.24, 2.45) is 5.92 Å². The van der Waals surface area contributed by atoms with E-state index in [4.69, 9.17) is 0 Å². The van der Waals surface area contributed by atoms with E-state index in [0.29, 0.717) is 28.2 Å². The molecule has 1 fully saturated rings. The first-order valence-electron chi connectivity index (χ1n) is 8.52. The molecule has 2 amide bonds. The lowest BCUT2D eigenvalue weighted by Crippen LogP contribution is -2.15. The van der Waals surface area contributed by atoms with Gasteiger partial charge in [-0.2, -0.15) is 0 Å². The van der Waals surface area contributed by atoms with Crippen molar-refractivity contribution in [3.8, 4) is 0 Å². The Balaban J connectivity index is 1.73. The van der Waals surface area contributed by atoms with Gasteiger partial charge in [-0.25, -0.2) is 8.42 Å². The molecule has 0 unspecified atom stereocenters. The number of nitrogens with one attached hydrogen (secondary N) is 3. The van der Waals surface area contributed by atoms with Gasteiger partial charge in [-0.15, -0.1) is 0 Å². The topological polar surface area (TPSA) is 104 Å². The maximum Gasteiger partial charge on any atom is 0.255 e. The van der Waals surface area contributed by atoms with Crippen molar-refractivity contribution in [1.82, 2.24) is 0 Å². The summed E-state index contributed by atoms with van der Waals surface area (Å²) >= 11 is 0. The molecule has 27 heavy (non-hydrogen) atoms. The number of rotatable bonds is 6. The van der Waals surface area contributed by atoms with Crippen LogP contribution in [0, 0.1) is 12.8 Å². The summed E-state index contributed by atoms with van der Waals surface area (Å²) < 4.78 is 25.3. The Kier molecular flexibility index (Phi) is 5.18. The van der Waals surface area contributed by atoms with Crippen LogP contribution in [0.4, 0.5) is 17.1 Å². The average Bonchev–Trinajstić information content (AvgIpc) is 3.41. The van der Waals surface area contributed by atoms with Crippen LogP contribution in [-0.2, 0) is 14.8 Å². The second kappa shape index (κ2) is 7.40. The van der Waals surface area contributed by atoms with Crippen molar-refractivity contribution in [2.45, 2.75) is 19.8 Å². The van der Waals surface area contributed by atoms with Gasteiger partial charge in [0.2, 0.25) is 15.9 Å². The van der Waals surface area contributed by atoms with Gasteiger partial charge in [-0.3, -0.25) is 14.3 Å². The Morgan fingerprint density at radius 2 is 1.67 bits per heavy atom. The lowest BCUT2D eigenvalue weighted by molar-refractivity contribution is -0.117. The van der Waals surface area contributed by atoms with Crippen LogP contribution in [0.3, 0.4) is 0 Å². The second-order valence-corrected chi connectivity index (χ2v) is 8.45. The molecular weight excluding hydrogens is 366 g/mol. The van der Waals surface area contributed by atoms with Gasteiger partial charge in [0, 0.05) is 22.9 Å². The highest BCUT2D eigenvalue weighted by Gasteiger charge is 2.29. The van der Waals surface area contributed by atoms with Gasteiger partial charge in [0.1, 0.15) is 0 Å². The zero-order valence-electron chi connectivity index (χ0n) is 15.1. The number of sulfonamides is 1. The van der Waals surface area contributed by atoms with Gasteiger partial charge in [0.15, 0.2) is 0 Å². The molecule has 0 atom stereocenters. The molecule has 0 bridgehead atoms. The third kappa shape index (κ3) is 5.30. The normalized spacial score (nSPS) is 13.7. The molecule has 3 N–H and O–H groups in total. The fourth-order valence-electron chi connectivity index (χ4n) is 2.54. The molecule has 142 valence electrons. The van der Waals surface area contributed by atoms with E-state index in [1.165, 1.54) is 6.07 Å². The summed E-state index contributed by atoms with van der Waals surface area (Å²) in [7, 11) is -3.44. The van der Waals surface area contributed by atoms with Crippen LogP contribution in [-0.4, -0.2) is 26.5 Å². The van der Waals surface area contributed by atoms with Gasteiger partial charge in [0.05, 0.1) is 11.9 Å². The molecular formula is C19H21N3O4S. The maximum atomic E-state index is 12.5. The van der Waals surface area contributed by atoms with Gasteiger partial charge in [-0.05, 0) is 55.7 Å². The first-order chi connectivity index (χ1) is 12.7. The van der Waals surface area contributed by atoms with Crippen molar-refractivity contribution >= 4 is 38.9 Å². The van der Waals surface area contributed by atoms with E-state index in [9.17, 15) is 18.0 Å². The van der Waals surface area contributed by atoms with Crippen molar-refractivity contribution < 1.29 is 18.0 Å². The summed E-state index contributed by atoms with van der Waals surface area (Å²) in [6, 6.07) is 11.7. The van der Waals surface area contributed by atoms with Crippen LogP contribution in [0.2, 0.25) is 0 Å². The van der Waals surface area contributed by atoms with Crippen LogP contribution < -0.4 is 15.4 Å². The summed E-state index contributed by atoms with van der Waals surface area (Å²) in [5.41, 5.74) is 2.54. The van der Waals surface area contributed by atoms with Gasteiger partial charge in [0.25, 0.3) is 5.91 Å². The first kappa shape index (κ1) is 18.9. The highest BCUT2D eigenvalue weighted by atomic mass is 32.2. The van der Waals surface area contributed by atoms with Gasteiger partial charge >= 0.3 is 0 Å². The van der Waals surface area contributed by atoms with E-state index in [-0.39, 0.29) is 17.7 Å². The minimum Gasteiger partial charge on any atom is -0.326 e. The Bertz CT molecular complexity index is 998.